The van der Waals surface area contributed by atoms with Crippen LogP contribution < -0.4 is 5.73 Å². The lowest BCUT2D eigenvalue weighted by Gasteiger charge is -2.12. The molecule has 0 heterocycles. The normalized spacial score (nSPS) is 12.1. The molecule has 0 bridgehead atoms. The second kappa shape index (κ2) is 7.56. The highest BCUT2D eigenvalue weighted by Crippen LogP contribution is 2.21. The summed E-state index contributed by atoms with van der Waals surface area (Å²) in [6.45, 7) is 2.06. The van der Waals surface area contributed by atoms with Gasteiger partial charge in [0.1, 0.15) is 0 Å². The molecule has 0 aromatic heterocycles. The van der Waals surface area contributed by atoms with Crippen molar-refractivity contribution in [3.63, 3.8) is 0 Å². The van der Waals surface area contributed by atoms with Crippen LogP contribution in [0.25, 0.3) is 0 Å². The van der Waals surface area contributed by atoms with E-state index < -0.39 is 23.5 Å². The molecule has 1 nitrogen and oxygen atoms in total. The van der Waals surface area contributed by atoms with E-state index in [1.165, 1.54) is 0 Å². The molecule has 0 saturated heterocycles. The van der Waals surface area contributed by atoms with Gasteiger partial charge in [-0.3, -0.25) is 0 Å². The van der Waals surface area contributed by atoms with Crippen LogP contribution in [0, 0.1) is 17.5 Å². The van der Waals surface area contributed by atoms with Gasteiger partial charge in [0, 0.05) is 6.04 Å². The second-order valence-corrected chi connectivity index (χ2v) is 3.90. The first-order valence-electron chi connectivity index (χ1n) is 5.46. The van der Waals surface area contributed by atoms with Gasteiger partial charge < -0.3 is 5.73 Å². The zero-order valence-corrected chi connectivity index (χ0v) is 10.5. The largest absolute Gasteiger partial charge is 0.324 e. The van der Waals surface area contributed by atoms with E-state index in [1.807, 2.05) is 0 Å². The summed E-state index contributed by atoms with van der Waals surface area (Å²) in [6.07, 6.45) is 3.63. The van der Waals surface area contributed by atoms with E-state index in [2.05, 4.69) is 6.92 Å². The highest BCUT2D eigenvalue weighted by atomic mass is 35.5. The molecule has 0 aliphatic heterocycles. The lowest BCUT2D eigenvalue weighted by Crippen LogP contribution is -2.11. The zero-order chi connectivity index (χ0) is 12.1. The Hall–Kier alpha value is -0.740. The molecule has 1 aromatic rings. The quantitative estimate of drug-likeness (QED) is 0.631. The average Bonchev–Trinajstić information content (AvgIpc) is 2.25. The molecule has 2 N–H and O–H groups in total. The number of hydrogen-bond acceptors (Lipinski definition) is 1. The van der Waals surface area contributed by atoms with Crippen LogP contribution in [0.2, 0.25) is 0 Å². The van der Waals surface area contributed by atoms with Crippen molar-refractivity contribution in [3.05, 3.63) is 35.1 Å². The Kier molecular flexibility index (Phi) is 7.23. The average molecular weight is 268 g/mol. The van der Waals surface area contributed by atoms with E-state index >= 15 is 0 Å². The number of nitrogens with two attached hydrogens (primary N) is 1. The van der Waals surface area contributed by atoms with Gasteiger partial charge in [0.15, 0.2) is 17.5 Å². The fraction of sp³-hybridized carbons (Fsp3) is 0.500. The summed E-state index contributed by atoms with van der Waals surface area (Å²) in [7, 11) is 0. The minimum Gasteiger partial charge on any atom is -0.324 e. The van der Waals surface area contributed by atoms with Crippen LogP contribution in [0.5, 0.6) is 0 Å². The molecule has 1 rings (SSSR count). The van der Waals surface area contributed by atoms with Gasteiger partial charge in [0.2, 0.25) is 0 Å². The van der Waals surface area contributed by atoms with Gasteiger partial charge in [0.25, 0.3) is 0 Å². The van der Waals surface area contributed by atoms with Gasteiger partial charge in [0.05, 0.1) is 0 Å². The highest BCUT2D eigenvalue weighted by molar-refractivity contribution is 5.85. The van der Waals surface area contributed by atoms with Crippen LogP contribution >= 0.6 is 12.4 Å². The van der Waals surface area contributed by atoms with Crippen molar-refractivity contribution in [2.75, 3.05) is 0 Å². The maximum Gasteiger partial charge on any atom is 0.194 e. The number of benzene rings is 1. The van der Waals surface area contributed by atoms with Crippen LogP contribution in [-0.4, -0.2) is 0 Å². The molecule has 0 amide bonds. The maximum absolute atomic E-state index is 12.9. The van der Waals surface area contributed by atoms with E-state index in [0.29, 0.717) is 12.0 Å². The van der Waals surface area contributed by atoms with E-state index in [-0.39, 0.29) is 12.4 Å². The van der Waals surface area contributed by atoms with E-state index in [0.717, 1.165) is 31.4 Å². The molecule has 1 atom stereocenters. The summed E-state index contributed by atoms with van der Waals surface area (Å²) < 4.78 is 38.5. The summed E-state index contributed by atoms with van der Waals surface area (Å²) in [5.41, 5.74) is 6.08. The molecule has 0 unspecified atom stereocenters. The minimum atomic E-state index is -1.44. The molecule has 0 spiro atoms. The Morgan fingerprint density at radius 2 is 1.65 bits per heavy atom. The summed E-state index contributed by atoms with van der Waals surface area (Å²) in [6, 6.07) is 1.50. The monoisotopic (exact) mass is 267 g/mol. The van der Waals surface area contributed by atoms with E-state index in [4.69, 9.17) is 5.73 Å². The number of hydrogen-bond donors (Lipinski definition) is 1. The summed E-state index contributed by atoms with van der Waals surface area (Å²) >= 11 is 0. The lowest BCUT2D eigenvalue weighted by molar-refractivity contribution is 0.442. The molecular formula is C12H17ClF3N. The summed E-state index contributed by atoms with van der Waals surface area (Å²) in [5, 5.41) is 0. The van der Waals surface area contributed by atoms with Crippen molar-refractivity contribution < 1.29 is 13.2 Å². The van der Waals surface area contributed by atoms with Gasteiger partial charge in [-0.05, 0) is 24.1 Å². The predicted octanol–water partition coefficient (Wildman–Crippen LogP) is 4.11. The maximum atomic E-state index is 12.9. The van der Waals surface area contributed by atoms with E-state index in [9.17, 15) is 13.2 Å². The van der Waals surface area contributed by atoms with Crippen LogP contribution in [0.1, 0.15) is 44.2 Å². The first kappa shape index (κ1) is 16.3. The molecule has 1 aromatic carbocycles. The van der Waals surface area contributed by atoms with Crippen molar-refractivity contribution in [2.24, 2.45) is 5.73 Å². The van der Waals surface area contributed by atoms with E-state index in [1.54, 1.807) is 0 Å². The third kappa shape index (κ3) is 4.56. The highest BCUT2D eigenvalue weighted by Gasteiger charge is 2.14. The van der Waals surface area contributed by atoms with Crippen molar-refractivity contribution >= 4 is 12.4 Å². The summed E-state index contributed by atoms with van der Waals surface area (Å²) in [4.78, 5) is 0. The van der Waals surface area contributed by atoms with Crippen molar-refractivity contribution in [1.82, 2.24) is 0 Å². The zero-order valence-electron chi connectivity index (χ0n) is 9.68. The molecule has 0 aliphatic carbocycles. The fourth-order valence-corrected chi connectivity index (χ4v) is 1.57. The van der Waals surface area contributed by atoms with Gasteiger partial charge in [-0.1, -0.05) is 26.2 Å². The minimum absolute atomic E-state index is 0. The first-order chi connectivity index (χ1) is 7.56. The lowest BCUT2D eigenvalue weighted by atomic mass is 10.0. The topological polar surface area (TPSA) is 26.0 Å². The molecule has 0 fully saturated rings. The smallest absolute Gasteiger partial charge is 0.194 e. The van der Waals surface area contributed by atoms with Crippen molar-refractivity contribution in [1.29, 1.82) is 0 Å². The Morgan fingerprint density at radius 3 is 2.12 bits per heavy atom. The Morgan fingerprint density at radius 1 is 1.12 bits per heavy atom. The van der Waals surface area contributed by atoms with Crippen LogP contribution in [0.4, 0.5) is 13.2 Å². The third-order valence-electron chi connectivity index (χ3n) is 2.55. The van der Waals surface area contributed by atoms with Crippen LogP contribution in [-0.2, 0) is 0 Å². The van der Waals surface area contributed by atoms with Gasteiger partial charge >= 0.3 is 0 Å². The number of unbranched alkanes of at least 4 members (excludes halogenated alkanes) is 2. The standard InChI is InChI=1S/C12H16F3N.ClH/c1-2-3-4-5-11(16)8-6-9(13)12(15)10(14)7-8;/h6-7,11H,2-5,16H2,1H3;1H/t11-;/m1./s1. The predicted molar refractivity (Wildman–Crippen MR) is 64.6 cm³/mol. The third-order valence-corrected chi connectivity index (χ3v) is 2.55. The van der Waals surface area contributed by atoms with Gasteiger partial charge in [-0.2, -0.15) is 0 Å². The molecule has 0 radical (unpaired) electrons. The molecular weight excluding hydrogens is 251 g/mol. The number of rotatable bonds is 5. The number of halogens is 4. The van der Waals surface area contributed by atoms with Crippen LogP contribution in [0.15, 0.2) is 12.1 Å². The first-order valence-corrected chi connectivity index (χ1v) is 5.46. The Labute approximate surface area is 106 Å². The molecule has 0 aliphatic rings. The molecule has 98 valence electrons. The Bertz CT molecular complexity index is 335. The Balaban J connectivity index is 0.00000256. The molecule has 0 saturated carbocycles. The molecule has 5 heteroatoms. The van der Waals surface area contributed by atoms with Crippen LogP contribution in [0.3, 0.4) is 0 Å². The van der Waals surface area contributed by atoms with Gasteiger partial charge in [-0.25, -0.2) is 13.2 Å². The molecule has 17 heavy (non-hydrogen) atoms. The van der Waals surface area contributed by atoms with Gasteiger partial charge in [-0.15, -0.1) is 12.4 Å². The SMILES string of the molecule is CCCCC[C@@H](N)c1cc(F)c(F)c(F)c1.Cl. The van der Waals surface area contributed by atoms with Crippen molar-refractivity contribution in [2.45, 2.75) is 38.6 Å². The fourth-order valence-electron chi connectivity index (χ4n) is 1.57. The van der Waals surface area contributed by atoms with Crippen molar-refractivity contribution in [3.8, 4) is 0 Å². The summed E-state index contributed by atoms with van der Waals surface area (Å²) in [5.74, 6) is -3.80. The second-order valence-electron chi connectivity index (χ2n) is 3.90.